The second-order valence-corrected chi connectivity index (χ2v) is 18.7. The van der Waals surface area contributed by atoms with E-state index in [0.29, 0.717) is 18.3 Å². The molecule has 48 heavy (non-hydrogen) atoms. The van der Waals surface area contributed by atoms with E-state index in [-0.39, 0.29) is 41.5 Å². The van der Waals surface area contributed by atoms with Crippen LogP contribution in [0.3, 0.4) is 0 Å². The summed E-state index contributed by atoms with van der Waals surface area (Å²) in [5.41, 5.74) is -4.32. The van der Waals surface area contributed by atoms with Gasteiger partial charge in [-0.1, -0.05) is 40.2 Å². The van der Waals surface area contributed by atoms with Crippen molar-refractivity contribution in [1.29, 1.82) is 0 Å². The molecule has 9 heteroatoms. The summed E-state index contributed by atoms with van der Waals surface area (Å²) in [4.78, 5) is 43.9. The molecular weight excluding hydrogens is 612 g/mol. The van der Waals surface area contributed by atoms with E-state index in [4.69, 9.17) is 23.4 Å². The zero-order valence-electron chi connectivity index (χ0n) is 28.5. The summed E-state index contributed by atoms with van der Waals surface area (Å²) in [7, 11) is 0. The van der Waals surface area contributed by atoms with Crippen LogP contribution in [0.2, 0.25) is 0 Å². The van der Waals surface area contributed by atoms with Gasteiger partial charge in [-0.25, -0.2) is 4.79 Å². The number of ketones is 1. The fraction of sp³-hybridized carbons (Fsp3) is 0.769. The Hall–Kier alpha value is -2.49. The van der Waals surface area contributed by atoms with E-state index < -0.39 is 69.2 Å². The van der Waals surface area contributed by atoms with Gasteiger partial charge in [0.05, 0.1) is 35.4 Å². The standard InChI is InChI=1S/C39H46O9/c1-18(2)11-22-13-23-12-21-7-6-9-36(21)15-20-14-33(3)29(19-8-10-44-16-19)46-32(43)30-39(33,47-30)34(4)25(20)37-17-45-31(42)27(36)38(23,37)48-35(22,5)26(37)24(40)28(34)41/h8,10,13,16,18,20-22,25-30,41H,6-7,9,11-12,14-15,17H2,1-5H3/t20-,21+,22-,25-,26+,27-,28+,29-,30+,33-,34-,35-,36-,37+,38-,39+/m0/s1. The molecule has 9 fully saturated rings. The van der Waals surface area contributed by atoms with Gasteiger partial charge < -0.3 is 28.5 Å². The molecule has 10 aliphatic rings. The Labute approximate surface area is 280 Å². The van der Waals surface area contributed by atoms with Crippen molar-refractivity contribution in [2.24, 2.45) is 63.1 Å². The lowest BCUT2D eigenvalue weighted by atomic mass is 9.33. The Bertz CT molecular complexity index is 1750. The van der Waals surface area contributed by atoms with Crippen LogP contribution >= 0.6 is 0 Å². The number of hydrogen-bond acceptors (Lipinski definition) is 9. The topological polar surface area (TPSA) is 125 Å². The third-order valence-electron chi connectivity index (χ3n) is 16.9. The monoisotopic (exact) mass is 658 g/mol. The highest BCUT2D eigenvalue weighted by atomic mass is 16.7. The number of carbonyl (C=O) groups excluding carboxylic acids is 3. The Morgan fingerprint density at radius 1 is 1.04 bits per heavy atom. The van der Waals surface area contributed by atoms with E-state index in [0.717, 1.165) is 44.1 Å². The second kappa shape index (κ2) is 8.18. The van der Waals surface area contributed by atoms with Gasteiger partial charge in [0, 0.05) is 22.3 Å². The molecule has 0 radical (unpaired) electrons. The molecule has 16 atom stereocenters. The molecule has 5 bridgehead atoms. The minimum Gasteiger partial charge on any atom is -0.472 e. The molecule has 5 saturated carbocycles. The van der Waals surface area contributed by atoms with Crippen LogP contribution in [0, 0.1) is 63.1 Å². The maximum atomic E-state index is 15.5. The van der Waals surface area contributed by atoms with Crippen LogP contribution in [0.15, 0.2) is 34.7 Å². The quantitative estimate of drug-likeness (QED) is 0.268. The highest BCUT2D eigenvalue weighted by Crippen LogP contribution is 2.88. The Balaban J connectivity index is 1.24. The fourth-order valence-electron chi connectivity index (χ4n) is 16.1. The minimum absolute atomic E-state index is 0.00153. The van der Waals surface area contributed by atoms with E-state index in [1.807, 2.05) is 13.0 Å². The summed E-state index contributed by atoms with van der Waals surface area (Å²) < 4.78 is 32.7. The molecule has 4 spiro atoms. The number of furan rings is 1. The average Bonchev–Trinajstić information content (AvgIpc) is 3.29. The number of cyclic esters (lactones) is 2. The van der Waals surface area contributed by atoms with Gasteiger partial charge in [-0.3, -0.25) is 9.59 Å². The summed E-state index contributed by atoms with van der Waals surface area (Å²) in [6, 6.07) is 1.84. The molecule has 0 amide bonds. The number of carbonyl (C=O) groups is 3. The van der Waals surface area contributed by atoms with Gasteiger partial charge >= 0.3 is 11.9 Å². The molecule has 0 aromatic carbocycles. The van der Waals surface area contributed by atoms with Crippen LogP contribution in [-0.2, 0) is 33.3 Å². The van der Waals surface area contributed by atoms with E-state index in [1.165, 1.54) is 5.57 Å². The zero-order valence-corrected chi connectivity index (χ0v) is 28.5. The smallest absolute Gasteiger partial charge is 0.339 e. The van der Waals surface area contributed by atoms with Gasteiger partial charge in [-0.2, -0.15) is 0 Å². The van der Waals surface area contributed by atoms with Crippen LogP contribution in [-0.4, -0.2) is 58.4 Å². The molecule has 256 valence electrons. The third kappa shape index (κ3) is 2.55. The lowest BCUT2D eigenvalue weighted by Gasteiger charge is -2.70. The zero-order chi connectivity index (χ0) is 33.2. The van der Waals surface area contributed by atoms with Crippen LogP contribution in [0.5, 0.6) is 0 Å². The predicted octanol–water partition coefficient (Wildman–Crippen LogP) is 5.11. The van der Waals surface area contributed by atoms with Gasteiger partial charge in [0.15, 0.2) is 11.9 Å². The first-order chi connectivity index (χ1) is 22.8. The number of Topliss-reactive ketones (excluding diaryl/α,β-unsaturated/α-hetero) is 1. The molecular formula is C39H46O9. The Kier molecular flexibility index (Phi) is 4.98. The summed E-state index contributed by atoms with van der Waals surface area (Å²) >= 11 is 0. The van der Waals surface area contributed by atoms with Crippen molar-refractivity contribution in [2.45, 2.75) is 115 Å². The van der Waals surface area contributed by atoms with Gasteiger partial charge in [-0.15, -0.1) is 0 Å². The summed E-state index contributed by atoms with van der Waals surface area (Å²) in [5.74, 6) is -1.74. The molecule has 1 N–H and O–H groups in total. The molecule has 1 aromatic rings. The summed E-state index contributed by atoms with van der Waals surface area (Å²) in [6.45, 7) is 10.8. The predicted molar refractivity (Wildman–Crippen MR) is 167 cm³/mol. The largest absolute Gasteiger partial charge is 0.472 e. The number of fused-ring (bicyclic) bond motifs is 2. The Morgan fingerprint density at radius 3 is 2.60 bits per heavy atom. The van der Waals surface area contributed by atoms with Crippen LogP contribution in [0.1, 0.15) is 91.2 Å². The van der Waals surface area contributed by atoms with E-state index >= 15 is 4.79 Å². The number of aliphatic hydroxyl groups is 1. The number of esters is 2. The maximum Gasteiger partial charge on any atom is 0.339 e. The number of rotatable bonds is 3. The van der Waals surface area contributed by atoms with Crippen molar-refractivity contribution in [2.75, 3.05) is 6.61 Å². The highest BCUT2D eigenvalue weighted by molar-refractivity contribution is 5.94. The number of hydrogen-bond donors (Lipinski definition) is 1. The van der Waals surface area contributed by atoms with Crippen molar-refractivity contribution < 1.29 is 42.9 Å². The first-order valence-corrected chi connectivity index (χ1v) is 18.5. The molecule has 5 aliphatic carbocycles. The molecule has 0 unspecified atom stereocenters. The van der Waals surface area contributed by atoms with Gasteiger partial charge in [0.2, 0.25) is 0 Å². The van der Waals surface area contributed by atoms with Crippen molar-refractivity contribution in [3.05, 3.63) is 35.8 Å². The van der Waals surface area contributed by atoms with Gasteiger partial charge in [0.1, 0.15) is 30.0 Å². The molecule has 1 aromatic heterocycles. The normalized spacial score (nSPS) is 59.1. The number of ether oxygens (including phenoxy) is 4. The van der Waals surface area contributed by atoms with Crippen LogP contribution in [0.25, 0.3) is 0 Å². The fourth-order valence-corrected chi connectivity index (χ4v) is 16.1. The average molecular weight is 659 g/mol. The molecule has 9 nitrogen and oxygen atoms in total. The molecule has 5 aliphatic heterocycles. The molecule has 11 rings (SSSR count). The lowest BCUT2D eigenvalue weighted by Crippen LogP contribution is -2.80. The lowest BCUT2D eigenvalue weighted by molar-refractivity contribution is -0.280. The number of epoxide rings is 1. The highest BCUT2D eigenvalue weighted by Gasteiger charge is 2.97. The number of aliphatic hydroxyl groups excluding tert-OH is 1. The third-order valence-corrected chi connectivity index (χ3v) is 16.9. The first-order valence-electron chi connectivity index (χ1n) is 18.5. The summed E-state index contributed by atoms with van der Waals surface area (Å²) in [5, 5.41) is 12.8. The SMILES string of the molecule is CC(C)C[C@H]1C=C2C[C@H]3CCC[C@]34C[C@@H]3C[C@@]5(C)[C@H](c6ccoc6)OC(=O)[C@H]6O[C@]65[C@]5(C)[C@H](O)C(=O)[C@@H]6[C@@]1(C)O[C@]21[C@H]4C(=O)OC[C@@]61[C@@H]35. The van der Waals surface area contributed by atoms with Crippen molar-refractivity contribution in [3.63, 3.8) is 0 Å². The Morgan fingerprint density at radius 2 is 1.85 bits per heavy atom. The minimum atomic E-state index is -1.40. The van der Waals surface area contributed by atoms with Gasteiger partial charge in [0.25, 0.3) is 0 Å². The second-order valence-electron chi connectivity index (χ2n) is 18.7. The summed E-state index contributed by atoms with van der Waals surface area (Å²) in [6.07, 6.45) is 8.88. The van der Waals surface area contributed by atoms with Crippen LogP contribution in [0.4, 0.5) is 0 Å². The van der Waals surface area contributed by atoms with Gasteiger partial charge in [-0.05, 0) is 86.2 Å². The molecule has 4 saturated heterocycles. The van der Waals surface area contributed by atoms with Crippen molar-refractivity contribution in [3.8, 4) is 0 Å². The first kappa shape index (κ1) is 29.3. The van der Waals surface area contributed by atoms with Crippen molar-refractivity contribution >= 4 is 17.7 Å². The van der Waals surface area contributed by atoms with E-state index in [1.54, 1.807) is 12.5 Å². The van der Waals surface area contributed by atoms with E-state index in [2.05, 4.69) is 33.8 Å². The maximum absolute atomic E-state index is 15.5. The molecule has 6 heterocycles. The van der Waals surface area contributed by atoms with Crippen LogP contribution < -0.4 is 0 Å². The van der Waals surface area contributed by atoms with E-state index in [9.17, 15) is 14.7 Å². The van der Waals surface area contributed by atoms with Crippen molar-refractivity contribution in [1.82, 2.24) is 0 Å².